The number of aliphatic hydroxyl groups excluding tert-OH is 1. The molecule has 108 valence electrons. The summed E-state index contributed by atoms with van der Waals surface area (Å²) in [6.07, 6.45) is 0.349. The smallest absolute Gasteiger partial charge is 0.254 e. The highest BCUT2D eigenvalue weighted by atomic mass is 19.1. The number of benzene rings is 1. The van der Waals surface area contributed by atoms with E-state index in [1.54, 1.807) is 0 Å². The molecule has 0 bridgehead atoms. The first kappa shape index (κ1) is 16.2. The maximum atomic E-state index is 13.6. The Balaban J connectivity index is 2.75. The van der Waals surface area contributed by atoms with Crippen molar-refractivity contribution in [2.24, 2.45) is 0 Å². The Bertz CT molecular complexity index is 518. The molecule has 1 amide bonds. The summed E-state index contributed by atoms with van der Waals surface area (Å²) in [7, 11) is 3.79. The van der Waals surface area contributed by atoms with Crippen LogP contribution in [0.15, 0.2) is 18.2 Å². The number of amides is 1. The van der Waals surface area contributed by atoms with Gasteiger partial charge in [0.1, 0.15) is 5.82 Å². The quantitative estimate of drug-likeness (QED) is 0.785. The van der Waals surface area contributed by atoms with Crippen molar-refractivity contribution in [1.29, 1.82) is 0 Å². The average molecular weight is 278 g/mol. The number of likely N-dealkylation sites (N-methyl/N-ethyl adjacent to an activating group) is 1. The lowest BCUT2D eigenvalue weighted by molar-refractivity contribution is 0.0947. The van der Waals surface area contributed by atoms with Crippen LogP contribution in [0.25, 0.3) is 0 Å². The van der Waals surface area contributed by atoms with Crippen LogP contribution in [-0.2, 0) is 0 Å². The van der Waals surface area contributed by atoms with Crippen molar-refractivity contribution in [3.8, 4) is 11.8 Å². The molecule has 0 unspecified atom stereocenters. The number of carbonyl (C=O) groups is 1. The molecule has 2 N–H and O–H groups in total. The molecule has 0 radical (unpaired) electrons. The van der Waals surface area contributed by atoms with E-state index in [-0.39, 0.29) is 12.2 Å². The lowest BCUT2D eigenvalue weighted by atomic mass is 10.1. The van der Waals surface area contributed by atoms with Gasteiger partial charge in [0.25, 0.3) is 5.91 Å². The SMILES string of the molecule is CN(C)CCNC(=O)c1cc(C#CCCO)ccc1F. The predicted molar refractivity (Wildman–Crippen MR) is 75.9 cm³/mol. The zero-order valence-electron chi connectivity index (χ0n) is 11.7. The summed E-state index contributed by atoms with van der Waals surface area (Å²) in [5.41, 5.74) is 0.539. The standard InChI is InChI=1S/C15H19FN2O2/c1-18(2)9-8-17-15(20)13-11-12(5-3-4-10-19)6-7-14(13)16/h6-7,11,19H,4,8-10H2,1-2H3,(H,17,20). The minimum atomic E-state index is -0.569. The molecule has 0 aliphatic carbocycles. The van der Waals surface area contributed by atoms with Gasteiger partial charge in [-0.3, -0.25) is 4.79 Å². The van der Waals surface area contributed by atoms with Crippen LogP contribution in [0.5, 0.6) is 0 Å². The van der Waals surface area contributed by atoms with Gasteiger partial charge in [0.05, 0.1) is 12.2 Å². The van der Waals surface area contributed by atoms with Crippen LogP contribution in [-0.4, -0.2) is 49.7 Å². The van der Waals surface area contributed by atoms with Crippen molar-refractivity contribution in [3.63, 3.8) is 0 Å². The highest BCUT2D eigenvalue weighted by Crippen LogP contribution is 2.10. The molecule has 20 heavy (non-hydrogen) atoms. The second-order valence-corrected chi connectivity index (χ2v) is 4.53. The average Bonchev–Trinajstić information content (AvgIpc) is 2.40. The molecule has 1 rings (SSSR count). The molecule has 1 aromatic rings. The van der Waals surface area contributed by atoms with E-state index in [1.807, 2.05) is 19.0 Å². The van der Waals surface area contributed by atoms with E-state index in [9.17, 15) is 9.18 Å². The minimum absolute atomic E-state index is 0.0143. The number of rotatable bonds is 5. The summed E-state index contributed by atoms with van der Waals surface area (Å²) >= 11 is 0. The molecule has 0 aromatic heterocycles. The van der Waals surface area contributed by atoms with Gasteiger partial charge in [-0.05, 0) is 32.3 Å². The van der Waals surface area contributed by atoms with E-state index in [0.29, 0.717) is 25.1 Å². The molecule has 0 spiro atoms. The predicted octanol–water partition coefficient (Wildman–Crippen LogP) is 0.851. The Morgan fingerprint density at radius 3 is 2.85 bits per heavy atom. The first-order chi connectivity index (χ1) is 9.54. The van der Waals surface area contributed by atoms with Crippen molar-refractivity contribution in [1.82, 2.24) is 10.2 Å². The Hall–Kier alpha value is -1.90. The van der Waals surface area contributed by atoms with Gasteiger partial charge in [0.15, 0.2) is 0 Å². The molecule has 0 atom stereocenters. The van der Waals surface area contributed by atoms with Gasteiger partial charge in [-0.2, -0.15) is 0 Å². The highest BCUT2D eigenvalue weighted by molar-refractivity contribution is 5.94. The maximum Gasteiger partial charge on any atom is 0.254 e. The van der Waals surface area contributed by atoms with Crippen LogP contribution in [0, 0.1) is 17.7 Å². The summed E-state index contributed by atoms with van der Waals surface area (Å²) in [6, 6.07) is 4.16. The number of nitrogens with one attached hydrogen (secondary N) is 1. The molecule has 0 fully saturated rings. The third kappa shape index (κ3) is 5.39. The molecule has 0 saturated heterocycles. The van der Waals surface area contributed by atoms with Crippen LogP contribution in [0.1, 0.15) is 22.3 Å². The zero-order chi connectivity index (χ0) is 15.0. The fourth-order valence-electron chi connectivity index (χ4n) is 1.49. The first-order valence-electron chi connectivity index (χ1n) is 6.37. The van der Waals surface area contributed by atoms with Gasteiger partial charge >= 0.3 is 0 Å². The summed E-state index contributed by atoms with van der Waals surface area (Å²) < 4.78 is 13.6. The van der Waals surface area contributed by atoms with Gasteiger partial charge < -0.3 is 15.3 Å². The van der Waals surface area contributed by atoms with Gasteiger partial charge in [0.2, 0.25) is 0 Å². The maximum absolute atomic E-state index is 13.6. The van der Waals surface area contributed by atoms with Crippen molar-refractivity contribution < 1.29 is 14.3 Å². The van der Waals surface area contributed by atoms with Gasteiger partial charge in [-0.1, -0.05) is 11.8 Å². The summed E-state index contributed by atoms with van der Waals surface area (Å²) in [5, 5.41) is 11.3. The Morgan fingerprint density at radius 1 is 1.45 bits per heavy atom. The summed E-state index contributed by atoms with van der Waals surface area (Å²) in [4.78, 5) is 13.8. The van der Waals surface area contributed by atoms with Crippen LogP contribution in [0.4, 0.5) is 4.39 Å². The van der Waals surface area contributed by atoms with Gasteiger partial charge in [-0.25, -0.2) is 4.39 Å². The second kappa shape index (κ2) is 8.31. The van der Waals surface area contributed by atoms with E-state index < -0.39 is 11.7 Å². The fourth-order valence-corrected chi connectivity index (χ4v) is 1.49. The Morgan fingerprint density at radius 2 is 2.20 bits per heavy atom. The lowest BCUT2D eigenvalue weighted by Crippen LogP contribution is -2.31. The Labute approximate surface area is 118 Å². The van der Waals surface area contributed by atoms with E-state index in [1.165, 1.54) is 18.2 Å². The second-order valence-electron chi connectivity index (χ2n) is 4.53. The monoisotopic (exact) mass is 278 g/mol. The number of hydrogen-bond acceptors (Lipinski definition) is 3. The molecular weight excluding hydrogens is 259 g/mol. The topological polar surface area (TPSA) is 52.6 Å². The Kier molecular flexibility index (Phi) is 6.71. The number of aliphatic hydroxyl groups is 1. The number of hydrogen-bond donors (Lipinski definition) is 2. The molecule has 0 heterocycles. The van der Waals surface area contributed by atoms with Crippen LogP contribution < -0.4 is 5.32 Å². The largest absolute Gasteiger partial charge is 0.395 e. The van der Waals surface area contributed by atoms with Crippen LogP contribution in [0.2, 0.25) is 0 Å². The van der Waals surface area contributed by atoms with Gasteiger partial charge in [0, 0.05) is 25.1 Å². The van der Waals surface area contributed by atoms with Crippen molar-refractivity contribution >= 4 is 5.91 Å². The van der Waals surface area contributed by atoms with E-state index >= 15 is 0 Å². The fraction of sp³-hybridized carbons (Fsp3) is 0.400. The molecule has 0 saturated carbocycles. The summed E-state index contributed by atoms with van der Waals surface area (Å²) in [6.45, 7) is 1.11. The van der Waals surface area contributed by atoms with Crippen molar-refractivity contribution in [2.75, 3.05) is 33.8 Å². The van der Waals surface area contributed by atoms with Crippen LogP contribution in [0.3, 0.4) is 0 Å². The van der Waals surface area contributed by atoms with E-state index in [4.69, 9.17) is 5.11 Å². The molecule has 0 aliphatic heterocycles. The van der Waals surface area contributed by atoms with Crippen molar-refractivity contribution in [3.05, 3.63) is 35.1 Å². The minimum Gasteiger partial charge on any atom is -0.395 e. The molecule has 0 aliphatic rings. The third-order valence-corrected chi connectivity index (χ3v) is 2.53. The van der Waals surface area contributed by atoms with Crippen LogP contribution >= 0.6 is 0 Å². The number of nitrogens with zero attached hydrogens (tertiary/aromatic N) is 1. The number of halogens is 1. The molecular formula is C15H19FN2O2. The van der Waals surface area contributed by atoms with Gasteiger partial charge in [-0.15, -0.1) is 0 Å². The third-order valence-electron chi connectivity index (χ3n) is 2.53. The summed E-state index contributed by atoms with van der Waals surface area (Å²) in [5.74, 6) is 4.49. The first-order valence-corrected chi connectivity index (χ1v) is 6.37. The van der Waals surface area contributed by atoms with E-state index in [0.717, 1.165) is 0 Å². The highest BCUT2D eigenvalue weighted by Gasteiger charge is 2.11. The van der Waals surface area contributed by atoms with Crippen molar-refractivity contribution in [2.45, 2.75) is 6.42 Å². The molecule has 4 nitrogen and oxygen atoms in total. The number of carbonyl (C=O) groups excluding carboxylic acids is 1. The lowest BCUT2D eigenvalue weighted by Gasteiger charge is -2.10. The van der Waals surface area contributed by atoms with E-state index in [2.05, 4.69) is 17.2 Å². The normalized spacial score (nSPS) is 10.1. The molecule has 1 aromatic carbocycles. The zero-order valence-corrected chi connectivity index (χ0v) is 11.7. The molecule has 5 heteroatoms.